The summed E-state index contributed by atoms with van der Waals surface area (Å²) >= 11 is 4.17. The highest BCUT2D eigenvalue weighted by atomic mass is 32.1. The summed E-state index contributed by atoms with van der Waals surface area (Å²) in [6.45, 7) is 0. The maximum absolute atomic E-state index is 12.2. The molecule has 1 aromatic rings. The van der Waals surface area contributed by atoms with Gasteiger partial charge in [-0.2, -0.15) is 0 Å². The summed E-state index contributed by atoms with van der Waals surface area (Å²) in [4.78, 5) is 24.2. The fourth-order valence-electron chi connectivity index (χ4n) is 2.52. The average Bonchev–Trinajstić information content (AvgIpc) is 2.41. The zero-order valence-corrected chi connectivity index (χ0v) is 11.4. The number of aliphatic carboxylic acids is 1. The molecule has 19 heavy (non-hydrogen) atoms. The molecule has 1 amide bonds. The highest BCUT2D eigenvalue weighted by Gasteiger charge is 2.35. The number of carbonyl (C=O) groups excluding carboxylic acids is 1. The molecule has 2 unspecified atom stereocenters. The Morgan fingerprint density at radius 1 is 1.11 bits per heavy atom. The van der Waals surface area contributed by atoms with Crippen LogP contribution in [0.3, 0.4) is 0 Å². The Morgan fingerprint density at radius 3 is 2.26 bits per heavy atom. The number of thiol groups is 1. The van der Waals surface area contributed by atoms with Crippen molar-refractivity contribution >= 4 is 30.2 Å². The van der Waals surface area contributed by atoms with E-state index in [9.17, 15) is 9.59 Å². The Kier molecular flexibility index (Phi) is 4.47. The van der Waals surface area contributed by atoms with E-state index in [-0.39, 0.29) is 5.91 Å². The lowest BCUT2D eigenvalue weighted by Crippen LogP contribution is -2.36. The Morgan fingerprint density at radius 2 is 1.68 bits per heavy atom. The minimum Gasteiger partial charge on any atom is -0.481 e. The van der Waals surface area contributed by atoms with E-state index >= 15 is 0 Å². The first kappa shape index (κ1) is 13.9. The molecule has 0 bridgehead atoms. The van der Waals surface area contributed by atoms with Crippen molar-refractivity contribution in [1.82, 2.24) is 0 Å². The van der Waals surface area contributed by atoms with Crippen molar-refractivity contribution in [2.45, 2.75) is 30.6 Å². The standard InChI is InChI=1S/C14H17NO3S/c16-13(15-9-5-7-10(19)8-6-9)11-3-1-2-4-12(11)14(17)18/h5-8,11-12,19H,1-4H2,(H,15,16)(H,17,18). The molecule has 2 rings (SSSR count). The van der Waals surface area contributed by atoms with Crippen molar-refractivity contribution in [1.29, 1.82) is 0 Å². The third kappa shape index (κ3) is 3.50. The molecule has 1 fully saturated rings. The van der Waals surface area contributed by atoms with Crippen LogP contribution in [-0.2, 0) is 9.59 Å². The van der Waals surface area contributed by atoms with E-state index in [2.05, 4.69) is 17.9 Å². The van der Waals surface area contributed by atoms with Gasteiger partial charge < -0.3 is 10.4 Å². The SMILES string of the molecule is O=C(O)C1CCCCC1C(=O)Nc1ccc(S)cc1. The highest BCUT2D eigenvalue weighted by molar-refractivity contribution is 7.80. The number of benzene rings is 1. The summed E-state index contributed by atoms with van der Waals surface area (Å²) in [6.07, 6.45) is 3.03. The fraction of sp³-hybridized carbons (Fsp3) is 0.429. The number of hydrogen-bond acceptors (Lipinski definition) is 3. The minimum absolute atomic E-state index is 0.195. The quantitative estimate of drug-likeness (QED) is 0.745. The Hall–Kier alpha value is -1.49. The summed E-state index contributed by atoms with van der Waals surface area (Å²) < 4.78 is 0. The van der Waals surface area contributed by atoms with Gasteiger partial charge in [-0.15, -0.1) is 12.6 Å². The van der Waals surface area contributed by atoms with Gasteiger partial charge in [0.2, 0.25) is 5.91 Å². The molecule has 0 radical (unpaired) electrons. The summed E-state index contributed by atoms with van der Waals surface area (Å²) in [6, 6.07) is 7.10. The van der Waals surface area contributed by atoms with Crippen LogP contribution in [0.15, 0.2) is 29.2 Å². The molecule has 1 saturated carbocycles. The predicted molar refractivity (Wildman–Crippen MR) is 75.4 cm³/mol. The van der Waals surface area contributed by atoms with Crippen LogP contribution < -0.4 is 5.32 Å². The zero-order valence-electron chi connectivity index (χ0n) is 10.5. The van der Waals surface area contributed by atoms with Crippen LogP contribution in [0.25, 0.3) is 0 Å². The molecule has 5 heteroatoms. The van der Waals surface area contributed by atoms with Crippen LogP contribution in [0.1, 0.15) is 25.7 Å². The molecule has 2 N–H and O–H groups in total. The Bertz CT molecular complexity index is 472. The topological polar surface area (TPSA) is 66.4 Å². The lowest BCUT2D eigenvalue weighted by molar-refractivity contribution is -0.147. The van der Waals surface area contributed by atoms with Crippen molar-refractivity contribution in [3.05, 3.63) is 24.3 Å². The van der Waals surface area contributed by atoms with Gasteiger partial charge in [-0.25, -0.2) is 0 Å². The minimum atomic E-state index is -0.870. The van der Waals surface area contributed by atoms with Crippen LogP contribution >= 0.6 is 12.6 Å². The normalized spacial score (nSPS) is 22.8. The van der Waals surface area contributed by atoms with Gasteiger partial charge in [0.05, 0.1) is 11.8 Å². The van der Waals surface area contributed by atoms with E-state index in [4.69, 9.17) is 5.11 Å². The molecule has 0 heterocycles. The number of hydrogen-bond donors (Lipinski definition) is 3. The molecule has 0 spiro atoms. The van der Waals surface area contributed by atoms with E-state index in [1.54, 1.807) is 24.3 Å². The molecule has 0 aromatic heterocycles. The summed E-state index contributed by atoms with van der Waals surface area (Å²) in [5.41, 5.74) is 0.678. The molecule has 0 aliphatic heterocycles. The van der Waals surface area contributed by atoms with Gasteiger partial charge in [-0.1, -0.05) is 12.8 Å². The molecule has 0 saturated heterocycles. The van der Waals surface area contributed by atoms with Gasteiger partial charge in [0.15, 0.2) is 0 Å². The molecular weight excluding hydrogens is 262 g/mol. The largest absolute Gasteiger partial charge is 0.481 e. The first-order chi connectivity index (χ1) is 9.08. The first-order valence-corrected chi connectivity index (χ1v) is 6.85. The average molecular weight is 279 g/mol. The molecular formula is C14H17NO3S. The summed E-state index contributed by atoms with van der Waals surface area (Å²) in [5, 5.41) is 12.0. The van der Waals surface area contributed by atoms with Crippen molar-refractivity contribution in [3.63, 3.8) is 0 Å². The van der Waals surface area contributed by atoms with Crippen molar-refractivity contribution in [2.75, 3.05) is 5.32 Å². The second kappa shape index (κ2) is 6.10. The number of amides is 1. The number of nitrogens with one attached hydrogen (secondary N) is 1. The van der Waals surface area contributed by atoms with Crippen LogP contribution in [0.5, 0.6) is 0 Å². The first-order valence-electron chi connectivity index (χ1n) is 6.40. The van der Waals surface area contributed by atoms with Crippen LogP contribution in [0.2, 0.25) is 0 Å². The third-order valence-corrected chi connectivity index (χ3v) is 3.85. The Labute approximate surface area is 117 Å². The monoisotopic (exact) mass is 279 g/mol. The maximum Gasteiger partial charge on any atom is 0.307 e. The second-order valence-electron chi connectivity index (χ2n) is 4.87. The smallest absolute Gasteiger partial charge is 0.307 e. The van der Waals surface area contributed by atoms with Gasteiger partial charge in [0, 0.05) is 10.6 Å². The summed E-state index contributed by atoms with van der Waals surface area (Å²) in [7, 11) is 0. The van der Waals surface area contributed by atoms with Crippen LogP contribution in [0, 0.1) is 11.8 Å². The van der Waals surface area contributed by atoms with Gasteiger partial charge in [0.25, 0.3) is 0 Å². The van der Waals surface area contributed by atoms with E-state index in [0.717, 1.165) is 17.7 Å². The van der Waals surface area contributed by atoms with Crippen molar-refractivity contribution in [3.8, 4) is 0 Å². The predicted octanol–water partition coefficient (Wildman–Crippen LogP) is 2.80. The van der Waals surface area contributed by atoms with E-state index in [1.807, 2.05) is 0 Å². The Balaban J connectivity index is 2.05. The van der Waals surface area contributed by atoms with Gasteiger partial charge in [-0.05, 0) is 37.1 Å². The number of rotatable bonds is 3. The fourth-order valence-corrected chi connectivity index (χ4v) is 2.67. The molecule has 1 aliphatic rings. The van der Waals surface area contributed by atoms with Crippen LogP contribution in [-0.4, -0.2) is 17.0 Å². The number of carboxylic acids is 1. The maximum atomic E-state index is 12.2. The number of anilines is 1. The second-order valence-corrected chi connectivity index (χ2v) is 5.39. The summed E-state index contributed by atoms with van der Waals surface area (Å²) in [5.74, 6) is -2.05. The number of carbonyl (C=O) groups is 2. The molecule has 4 nitrogen and oxygen atoms in total. The lowest BCUT2D eigenvalue weighted by atomic mass is 9.78. The van der Waals surface area contributed by atoms with Crippen molar-refractivity contribution < 1.29 is 14.7 Å². The van der Waals surface area contributed by atoms with E-state index in [0.29, 0.717) is 18.5 Å². The van der Waals surface area contributed by atoms with Crippen molar-refractivity contribution in [2.24, 2.45) is 11.8 Å². The molecule has 1 aliphatic carbocycles. The van der Waals surface area contributed by atoms with E-state index in [1.165, 1.54) is 0 Å². The highest BCUT2D eigenvalue weighted by Crippen LogP contribution is 2.31. The third-order valence-electron chi connectivity index (χ3n) is 3.55. The lowest BCUT2D eigenvalue weighted by Gasteiger charge is -2.27. The molecule has 2 atom stereocenters. The van der Waals surface area contributed by atoms with E-state index < -0.39 is 17.8 Å². The zero-order chi connectivity index (χ0) is 13.8. The number of carboxylic acid groups (broad SMARTS) is 1. The van der Waals surface area contributed by atoms with Gasteiger partial charge in [0.1, 0.15) is 0 Å². The van der Waals surface area contributed by atoms with Crippen LogP contribution in [0.4, 0.5) is 5.69 Å². The molecule has 102 valence electrons. The van der Waals surface area contributed by atoms with Gasteiger partial charge in [-0.3, -0.25) is 9.59 Å². The van der Waals surface area contributed by atoms with Gasteiger partial charge >= 0.3 is 5.97 Å². The molecule has 1 aromatic carbocycles.